The minimum Gasteiger partial charge on any atom is -0.376 e. The maximum Gasteiger partial charge on any atom is 0.191 e. The van der Waals surface area contributed by atoms with Crippen LogP contribution in [0.5, 0.6) is 0 Å². The van der Waals surface area contributed by atoms with Gasteiger partial charge in [-0.25, -0.2) is 12.8 Å². The third kappa shape index (κ3) is 6.09. The summed E-state index contributed by atoms with van der Waals surface area (Å²) in [6.45, 7) is 1.73. The molecule has 1 heterocycles. The smallest absolute Gasteiger partial charge is 0.191 e. The Balaban J connectivity index is 1.97. The molecule has 8 heteroatoms. The van der Waals surface area contributed by atoms with Gasteiger partial charge in [0.25, 0.3) is 0 Å². The van der Waals surface area contributed by atoms with Crippen molar-refractivity contribution in [3.05, 3.63) is 35.1 Å². The first-order chi connectivity index (χ1) is 11.4. The largest absolute Gasteiger partial charge is 0.376 e. The average Bonchev–Trinajstić information content (AvgIpc) is 3.02. The van der Waals surface area contributed by atoms with Crippen LogP contribution in [0, 0.1) is 5.82 Å². The van der Waals surface area contributed by atoms with E-state index >= 15 is 0 Å². The van der Waals surface area contributed by atoms with Gasteiger partial charge in [-0.05, 0) is 36.1 Å². The predicted molar refractivity (Wildman–Crippen MR) is 92.1 cm³/mol. The molecule has 1 saturated heterocycles. The summed E-state index contributed by atoms with van der Waals surface area (Å²) in [6, 6.07) is 4.13. The van der Waals surface area contributed by atoms with Crippen LogP contribution in [0.25, 0.3) is 0 Å². The molecule has 2 rings (SSSR count). The molecule has 1 unspecified atom stereocenters. The Morgan fingerprint density at radius 1 is 1.38 bits per heavy atom. The molecule has 1 aromatic rings. The molecule has 134 valence electrons. The molecule has 24 heavy (non-hydrogen) atoms. The van der Waals surface area contributed by atoms with E-state index in [4.69, 9.17) is 4.74 Å². The first-order valence-electron chi connectivity index (χ1n) is 7.88. The van der Waals surface area contributed by atoms with Gasteiger partial charge < -0.3 is 15.4 Å². The van der Waals surface area contributed by atoms with E-state index in [1.54, 1.807) is 7.05 Å². The van der Waals surface area contributed by atoms with Gasteiger partial charge in [-0.3, -0.25) is 4.99 Å². The van der Waals surface area contributed by atoms with E-state index in [0.29, 0.717) is 23.6 Å². The number of benzene rings is 1. The summed E-state index contributed by atoms with van der Waals surface area (Å²) in [6.07, 6.45) is 3.43. The number of ether oxygens (including phenoxy) is 1. The number of sulfone groups is 1. The molecule has 0 radical (unpaired) electrons. The molecule has 1 aliphatic rings. The van der Waals surface area contributed by atoms with Crippen molar-refractivity contribution in [3.8, 4) is 0 Å². The van der Waals surface area contributed by atoms with Gasteiger partial charge in [0.15, 0.2) is 15.8 Å². The topological polar surface area (TPSA) is 79.8 Å². The number of nitrogens with one attached hydrogen (secondary N) is 2. The third-order valence-corrected chi connectivity index (χ3v) is 4.61. The molecule has 1 aliphatic heterocycles. The lowest BCUT2D eigenvalue weighted by molar-refractivity contribution is 0.114. The average molecular weight is 357 g/mol. The van der Waals surface area contributed by atoms with Crippen LogP contribution >= 0.6 is 0 Å². The van der Waals surface area contributed by atoms with Crippen LogP contribution in [-0.2, 0) is 26.9 Å². The summed E-state index contributed by atoms with van der Waals surface area (Å²) in [5.41, 5.74) is 1.18. The van der Waals surface area contributed by atoms with E-state index in [2.05, 4.69) is 15.6 Å². The molecule has 0 saturated carbocycles. The molecule has 0 aromatic heterocycles. The molecule has 6 nitrogen and oxygen atoms in total. The van der Waals surface area contributed by atoms with E-state index < -0.39 is 15.7 Å². The minimum atomic E-state index is -3.19. The van der Waals surface area contributed by atoms with Gasteiger partial charge in [-0.1, -0.05) is 6.07 Å². The van der Waals surface area contributed by atoms with Gasteiger partial charge in [0.2, 0.25) is 0 Å². The fraction of sp³-hybridized carbons (Fsp3) is 0.562. The maximum atomic E-state index is 13.5. The van der Waals surface area contributed by atoms with Crippen molar-refractivity contribution in [1.82, 2.24) is 10.6 Å². The first-order valence-corrected chi connectivity index (χ1v) is 9.94. The van der Waals surface area contributed by atoms with Crippen molar-refractivity contribution < 1.29 is 17.5 Å². The van der Waals surface area contributed by atoms with Crippen molar-refractivity contribution in [2.45, 2.75) is 31.2 Å². The van der Waals surface area contributed by atoms with E-state index in [1.807, 2.05) is 0 Å². The highest BCUT2D eigenvalue weighted by Gasteiger charge is 2.16. The van der Waals surface area contributed by atoms with Crippen molar-refractivity contribution >= 4 is 15.8 Å². The number of nitrogens with zero attached hydrogens (tertiary/aromatic N) is 1. The predicted octanol–water partition coefficient (Wildman–Crippen LogP) is 1.21. The van der Waals surface area contributed by atoms with Crippen LogP contribution in [0.15, 0.2) is 23.2 Å². The Morgan fingerprint density at radius 2 is 2.17 bits per heavy atom. The Kier molecular flexibility index (Phi) is 6.56. The fourth-order valence-electron chi connectivity index (χ4n) is 2.60. The number of rotatable bonds is 6. The second kappa shape index (κ2) is 8.43. The Morgan fingerprint density at radius 3 is 2.79 bits per heavy atom. The summed E-state index contributed by atoms with van der Waals surface area (Å²) in [4.78, 5) is 4.12. The van der Waals surface area contributed by atoms with Gasteiger partial charge in [0, 0.05) is 33.0 Å². The third-order valence-electron chi connectivity index (χ3n) is 3.78. The van der Waals surface area contributed by atoms with Crippen molar-refractivity contribution in [3.63, 3.8) is 0 Å². The number of aliphatic imine (C=N–C) groups is 1. The summed E-state index contributed by atoms with van der Waals surface area (Å²) in [7, 11) is -1.54. The zero-order chi connectivity index (χ0) is 17.6. The van der Waals surface area contributed by atoms with Crippen LogP contribution < -0.4 is 10.6 Å². The monoisotopic (exact) mass is 357 g/mol. The highest BCUT2D eigenvalue weighted by Crippen LogP contribution is 2.14. The first kappa shape index (κ1) is 18.7. The molecule has 0 bridgehead atoms. The highest BCUT2D eigenvalue weighted by atomic mass is 32.2. The molecular weight excluding hydrogens is 333 g/mol. The highest BCUT2D eigenvalue weighted by molar-refractivity contribution is 7.89. The molecule has 0 spiro atoms. The number of hydrogen-bond donors (Lipinski definition) is 2. The van der Waals surface area contributed by atoms with Crippen LogP contribution in [-0.4, -0.2) is 46.9 Å². The SMILES string of the molecule is CN=C(NCc1cc(F)ccc1CS(C)(=O)=O)NCC1CCCO1. The quantitative estimate of drug-likeness (QED) is 0.591. The number of guanidine groups is 1. The summed E-state index contributed by atoms with van der Waals surface area (Å²) < 4.78 is 42.1. The van der Waals surface area contributed by atoms with E-state index in [1.165, 1.54) is 18.2 Å². The van der Waals surface area contributed by atoms with Crippen LogP contribution in [0.1, 0.15) is 24.0 Å². The molecule has 1 fully saturated rings. The van der Waals surface area contributed by atoms with Gasteiger partial charge in [0.1, 0.15) is 5.82 Å². The Labute approximate surface area is 142 Å². The van der Waals surface area contributed by atoms with Gasteiger partial charge in [0.05, 0.1) is 11.9 Å². The van der Waals surface area contributed by atoms with E-state index in [0.717, 1.165) is 25.7 Å². The zero-order valence-electron chi connectivity index (χ0n) is 14.0. The van der Waals surface area contributed by atoms with Crippen molar-refractivity contribution in [2.24, 2.45) is 4.99 Å². The Bertz CT molecular complexity index is 686. The molecular formula is C16H24FN3O3S. The summed E-state index contributed by atoms with van der Waals surface area (Å²) in [5, 5.41) is 6.25. The van der Waals surface area contributed by atoms with Gasteiger partial charge >= 0.3 is 0 Å². The molecule has 0 amide bonds. The fourth-order valence-corrected chi connectivity index (χ4v) is 3.44. The molecule has 1 atom stereocenters. The standard InChI is InChI=1S/C16H24FN3O3S/c1-18-16(20-10-15-4-3-7-23-15)19-9-13-8-14(17)6-5-12(13)11-24(2,21)22/h5-6,8,15H,3-4,7,9-11H2,1-2H3,(H2,18,19,20). The molecule has 2 N–H and O–H groups in total. The summed E-state index contributed by atoms with van der Waals surface area (Å²) in [5.74, 6) is 0.0538. The minimum absolute atomic E-state index is 0.119. The van der Waals surface area contributed by atoms with Gasteiger partial charge in [-0.15, -0.1) is 0 Å². The lowest BCUT2D eigenvalue weighted by atomic mass is 10.1. The Hall–Kier alpha value is -1.67. The van der Waals surface area contributed by atoms with Crippen LogP contribution in [0.2, 0.25) is 0 Å². The van der Waals surface area contributed by atoms with Crippen LogP contribution in [0.4, 0.5) is 4.39 Å². The lowest BCUT2D eigenvalue weighted by Gasteiger charge is -2.16. The molecule has 0 aliphatic carbocycles. The molecule has 1 aromatic carbocycles. The zero-order valence-corrected chi connectivity index (χ0v) is 14.8. The van der Waals surface area contributed by atoms with Crippen LogP contribution in [0.3, 0.4) is 0 Å². The van der Waals surface area contributed by atoms with E-state index in [-0.39, 0.29) is 18.4 Å². The van der Waals surface area contributed by atoms with Crippen molar-refractivity contribution in [1.29, 1.82) is 0 Å². The second-order valence-electron chi connectivity index (χ2n) is 5.92. The second-order valence-corrected chi connectivity index (χ2v) is 8.06. The maximum absolute atomic E-state index is 13.5. The number of hydrogen-bond acceptors (Lipinski definition) is 4. The summed E-state index contributed by atoms with van der Waals surface area (Å²) >= 11 is 0. The number of halogens is 1. The van der Waals surface area contributed by atoms with E-state index in [9.17, 15) is 12.8 Å². The van der Waals surface area contributed by atoms with Crippen molar-refractivity contribution in [2.75, 3.05) is 26.5 Å². The lowest BCUT2D eigenvalue weighted by Crippen LogP contribution is -2.40. The van der Waals surface area contributed by atoms with Gasteiger partial charge in [-0.2, -0.15) is 0 Å². The normalized spacial score (nSPS) is 18.6.